The van der Waals surface area contributed by atoms with Crippen LogP contribution in [0.25, 0.3) is 0 Å². The molecule has 0 radical (unpaired) electrons. The smallest absolute Gasteiger partial charge is 0.411 e. The number of benzene rings is 2. The van der Waals surface area contributed by atoms with E-state index in [1.165, 1.54) is 17.0 Å². The molecule has 2 aromatic rings. The first-order valence-corrected chi connectivity index (χ1v) is 8.74. The molecule has 1 fully saturated rings. The maximum absolute atomic E-state index is 12.4. The van der Waals surface area contributed by atoms with Gasteiger partial charge in [-0.1, -0.05) is 77.3 Å². The lowest BCUT2D eigenvalue weighted by Crippen LogP contribution is -2.26. The van der Waals surface area contributed by atoms with Gasteiger partial charge in [0.05, 0.1) is 11.0 Å². The summed E-state index contributed by atoms with van der Waals surface area (Å²) >= 11 is 17.9. The van der Waals surface area contributed by atoms with Crippen molar-refractivity contribution in [3.05, 3.63) is 75.8 Å². The van der Waals surface area contributed by atoms with Crippen LogP contribution in [0.15, 0.2) is 54.6 Å². The normalized spacial score (nSPS) is 17.5. The molecule has 0 N–H and O–H groups in total. The van der Waals surface area contributed by atoms with E-state index in [1.807, 2.05) is 0 Å². The standard InChI is InChI=1S/C17H13Cl3N2O4/c18-17(19,20)15(12-4-2-1-3-5-12)26-16(23)21-10-14(21)11-6-8-13(9-7-11)22(24)25/h1-9,14-15H,10H2/t14-,15-,21?/m1/s1. The van der Waals surface area contributed by atoms with Crippen LogP contribution in [0.4, 0.5) is 10.5 Å². The van der Waals surface area contributed by atoms with E-state index in [0.717, 1.165) is 5.56 Å². The van der Waals surface area contributed by atoms with Crippen LogP contribution in [0.1, 0.15) is 23.3 Å². The number of carbonyl (C=O) groups is 1. The number of hydrogen-bond donors (Lipinski definition) is 0. The van der Waals surface area contributed by atoms with Gasteiger partial charge in [0.25, 0.3) is 5.69 Å². The van der Waals surface area contributed by atoms with Gasteiger partial charge in [-0.3, -0.25) is 15.0 Å². The number of amides is 1. The van der Waals surface area contributed by atoms with Crippen molar-refractivity contribution in [2.24, 2.45) is 0 Å². The molecule has 0 saturated carbocycles. The molecule has 3 rings (SSSR count). The first-order chi connectivity index (χ1) is 12.3. The Balaban J connectivity index is 1.69. The molecule has 0 unspecified atom stereocenters. The molecule has 136 valence electrons. The predicted molar refractivity (Wildman–Crippen MR) is 98.5 cm³/mol. The van der Waals surface area contributed by atoms with Gasteiger partial charge in [-0.2, -0.15) is 0 Å². The van der Waals surface area contributed by atoms with Crippen LogP contribution < -0.4 is 0 Å². The molecule has 0 bridgehead atoms. The molecule has 2 aromatic carbocycles. The van der Waals surface area contributed by atoms with E-state index in [0.29, 0.717) is 12.1 Å². The van der Waals surface area contributed by atoms with Crippen molar-refractivity contribution < 1.29 is 14.5 Å². The van der Waals surface area contributed by atoms with E-state index in [9.17, 15) is 14.9 Å². The lowest BCUT2D eigenvalue weighted by Gasteiger charge is -2.25. The van der Waals surface area contributed by atoms with Crippen LogP contribution in [-0.2, 0) is 4.74 Å². The molecule has 1 heterocycles. The molecule has 0 aliphatic carbocycles. The number of nitro benzene ring substituents is 1. The highest BCUT2D eigenvalue weighted by atomic mass is 35.6. The Kier molecular flexibility index (Phi) is 5.27. The molecule has 1 amide bonds. The van der Waals surface area contributed by atoms with Crippen LogP contribution in [0, 0.1) is 10.1 Å². The number of halogens is 3. The summed E-state index contributed by atoms with van der Waals surface area (Å²) in [4.78, 5) is 24.1. The lowest BCUT2D eigenvalue weighted by molar-refractivity contribution is -0.384. The first kappa shape index (κ1) is 18.8. The van der Waals surface area contributed by atoms with Crippen molar-refractivity contribution in [1.29, 1.82) is 0 Å². The number of non-ortho nitro benzene ring substituents is 1. The summed E-state index contributed by atoms with van der Waals surface area (Å²) in [5.74, 6) is 0. The second-order valence-corrected chi connectivity index (χ2v) is 8.10. The highest BCUT2D eigenvalue weighted by molar-refractivity contribution is 6.68. The Labute approximate surface area is 164 Å². The van der Waals surface area contributed by atoms with Gasteiger partial charge in [-0.05, 0) is 11.1 Å². The minimum absolute atomic E-state index is 0.0103. The van der Waals surface area contributed by atoms with Crippen molar-refractivity contribution in [1.82, 2.24) is 4.90 Å². The van der Waals surface area contributed by atoms with Crippen molar-refractivity contribution in [3.8, 4) is 0 Å². The van der Waals surface area contributed by atoms with Gasteiger partial charge in [0.2, 0.25) is 3.79 Å². The van der Waals surface area contributed by atoms with E-state index < -0.39 is 20.9 Å². The Hall–Kier alpha value is -2.02. The number of nitro groups is 1. The summed E-state index contributed by atoms with van der Waals surface area (Å²) < 4.78 is 3.60. The monoisotopic (exact) mass is 414 g/mol. The van der Waals surface area contributed by atoms with E-state index in [2.05, 4.69) is 0 Å². The zero-order chi connectivity index (χ0) is 18.9. The largest absolute Gasteiger partial charge is 0.437 e. The van der Waals surface area contributed by atoms with Gasteiger partial charge in [-0.15, -0.1) is 0 Å². The fraction of sp³-hybridized carbons (Fsp3) is 0.235. The molecule has 1 aliphatic rings. The van der Waals surface area contributed by atoms with Gasteiger partial charge < -0.3 is 4.74 Å². The number of hydrogen-bond acceptors (Lipinski definition) is 4. The number of alkyl halides is 3. The van der Waals surface area contributed by atoms with E-state index in [1.54, 1.807) is 42.5 Å². The van der Waals surface area contributed by atoms with Gasteiger partial charge in [0.15, 0.2) is 6.10 Å². The number of ether oxygens (including phenoxy) is 1. The van der Waals surface area contributed by atoms with Gasteiger partial charge in [0, 0.05) is 18.7 Å². The number of carbonyl (C=O) groups excluding carboxylic acids is 1. The Morgan fingerprint density at radius 3 is 2.31 bits per heavy atom. The summed E-state index contributed by atoms with van der Waals surface area (Å²) in [6.07, 6.45) is -1.67. The van der Waals surface area contributed by atoms with E-state index >= 15 is 0 Å². The molecule has 1 aliphatic heterocycles. The summed E-state index contributed by atoms with van der Waals surface area (Å²) in [5, 5.41) is 10.7. The molecule has 0 spiro atoms. The number of nitrogens with zero attached hydrogens (tertiary/aromatic N) is 2. The molecular formula is C17H13Cl3N2O4. The fourth-order valence-corrected chi connectivity index (χ4v) is 3.08. The maximum atomic E-state index is 12.4. The maximum Gasteiger partial charge on any atom is 0.411 e. The third kappa shape index (κ3) is 4.20. The van der Waals surface area contributed by atoms with Crippen LogP contribution >= 0.6 is 34.8 Å². The van der Waals surface area contributed by atoms with Crippen molar-refractivity contribution in [2.45, 2.75) is 15.9 Å². The summed E-state index contributed by atoms with van der Waals surface area (Å²) in [7, 11) is 0. The Bertz CT molecular complexity index is 809. The molecule has 26 heavy (non-hydrogen) atoms. The second-order valence-electron chi connectivity index (χ2n) is 5.73. The Morgan fingerprint density at radius 2 is 1.77 bits per heavy atom. The zero-order valence-electron chi connectivity index (χ0n) is 13.2. The zero-order valence-corrected chi connectivity index (χ0v) is 15.5. The number of rotatable bonds is 4. The molecular weight excluding hydrogens is 403 g/mol. The highest BCUT2D eigenvalue weighted by Gasteiger charge is 2.45. The molecule has 0 aromatic heterocycles. The van der Waals surface area contributed by atoms with Gasteiger partial charge >= 0.3 is 6.09 Å². The van der Waals surface area contributed by atoms with Crippen molar-refractivity contribution >= 4 is 46.6 Å². The van der Waals surface area contributed by atoms with Crippen LogP contribution in [0.3, 0.4) is 0 Å². The van der Waals surface area contributed by atoms with E-state index in [4.69, 9.17) is 39.5 Å². The van der Waals surface area contributed by atoms with Gasteiger partial charge in [-0.25, -0.2) is 4.79 Å². The van der Waals surface area contributed by atoms with E-state index in [-0.39, 0.29) is 11.7 Å². The van der Waals surface area contributed by atoms with Crippen LogP contribution in [0.5, 0.6) is 0 Å². The lowest BCUT2D eigenvalue weighted by atomic mass is 10.1. The van der Waals surface area contributed by atoms with Crippen molar-refractivity contribution in [3.63, 3.8) is 0 Å². The average Bonchev–Trinajstić information content (AvgIpc) is 3.40. The summed E-state index contributed by atoms with van der Waals surface area (Å²) in [6, 6.07) is 14.5. The fourth-order valence-electron chi connectivity index (χ4n) is 2.56. The van der Waals surface area contributed by atoms with Crippen LogP contribution in [-0.4, -0.2) is 26.3 Å². The molecule has 2 atom stereocenters. The quantitative estimate of drug-likeness (QED) is 0.298. The average molecular weight is 416 g/mol. The third-order valence-corrected chi connectivity index (χ3v) is 4.55. The predicted octanol–water partition coefficient (Wildman–Crippen LogP) is 5.20. The molecule has 9 heteroatoms. The molecule has 6 nitrogen and oxygen atoms in total. The third-order valence-electron chi connectivity index (χ3n) is 3.95. The minimum Gasteiger partial charge on any atom is -0.437 e. The minimum atomic E-state index is -1.82. The second kappa shape index (κ2) is 7.31. The first-order valence-electron chi connectivity index (χ1n) is 7.60. The topological polar surface area (TPSA) is 72.5 Å². The SMILES string of the molecule is O=C(O[C@H](c1ccccc1)C(Cl)(Cl)Cl)N1C[C@@H]1c1ccc([N+](=O)[O-])cc1. The summed E-state index contributed by atoms with van der Waals surface area (Å²) in [5.41, 5.74) is 1.33. The molecule has 1 saturated heterocycles. The van der Waals surface area contributed by atoms with Crippen molar-refractivity contribution in [2.75, 3.05) is 6.54 Å². The van der Waals surface area contributed by atoms with Crippen LogP contribution in [0.2, 0.25) is 0 Å². The Morgan fingerprint density at radius 1 is 1.15 bits per heavy atom. The van der Waals surface area contributed by atoms with Gasteiger partial charge in [0.1, 0.15) is 0 Å². The highest BCUT2D eigenvalue weighted by Crippen LogP contribution is 2.44. The summed E-state index contributed by atoms with van der Waals surface area (Å²) in [6.45, 7) is 0.429.